The number of carbonyl (C=O) groups excluding carboxylic acids is 1. The fraction of sp³-hybridized carbons (Fsp3) is 0.562. The van der Waals surface area contributed by atoms with Gasteiger partial charge in [0.05, 0.1) is 4.90 Å². The van der Waals surface area contributed by atoms with E-state index in [-0.39, 0.29) is 12.6 Å². The molecule has 1 saturated heterocycles. The molecule has 0 saturated carbocycles. The second kappa shape index (κ2) is 7.01. The van der Waals surface area contributed by atoms with Crippen LogP contribution in [-0.2, 0) is 14.8 Å². The minimum Gasteiger partial charge on any atom is -0.444 e. The van der Waals surface area contributed by atoms with Crippen molar-refractivity contribution in [3.8, 4) is 0 Å². The highest BCUT2D eigenvalue weighted by Crippen LogP contribution is 2.26. The number of rotatable bonds is 3. The van der Waals surface area contributed by atoms with Crippen LogP contribution in [-0.4, -0.2) is 43.5 Å². The molecule has 1 fully saturated rings. The Balaban J connectivity index is 2.05. The standard InChI is InChI=1S/C16H23BrN2O4S/c1-11-9-12(17)5-6-14(11)24(21,22)19-8-7-13(10-19)18-15(20)23-16(2,3)4/h5-6,9,13H,7-8,10H2,1-4H3,(H,18,20)/t13-/m1/s1. The third-order valence-electron chi connectivity index (χ3n) is 3.63. The van der Waals surface area contributed by atoms with Gasteiger partial charge in [-0.1, -0.05) is 15.9 Å². The van der Waals surface area contributed by atoms with Crippen molar-refractivity contribution in [1.29, 1.82) is 0 Å². The quantitative estimate of drug-likeness (QED) is 0.817. The molecule has 2 rings (SSSR count). The van der Waals surface area contributed by atoms with Crippen LogP contribution in [0.3, 0.4) is 0 Å². The maximum Gasteiger partial charge on any atom is 0.407 e. The normalized spacial score (nSPS) is 19.3. The van der Waals surface area contributed by atoms with Gasteiger partial charge in [0.1, 0.15) is 5.60 Å². The van der Waals surface area contributed by atoms with Crippen LogP contribution >= 0.6 is 15.9 Å². The molecule has 0 aliphatic carbocycles. The molecular weight excluding hydrogens is 396 g/mol. The molecule has 1 aliphatic heterocycles. The van der Waals surface area contributed by atoms with E-state index in [1.165, 1.54) is 4.31 Å². The summed E-state index contributed by atoms with van der Waals surface area (Å²) in [6.45, 7) is 7.75. The summed E-state index contributed by atoms with van der Waals surface area (Å²) in [7, 11) is -3.57. The Morgan fingerprint density at radius 1 is 1.38 bits per heavy atom. The van der Waals surface area contributed by atoms with Crippen LogP contribution < -0.4 is 5.32 Å². The largest absolute Gasteiger partial charge is 0.444 e. The van der Waals surface area contributed by atoms with E-state index in [2.05, 4.69) is 21.2 Å². The fourth-order valence-corrected chi connectivity index (χ4v) is 4.76. The molecule has 1 heterocycles. The molecule has 0 radical (unpaired) electrons. The van der Waals surface area contributed by atoms with Gasteiger partial charge in [0.15, 0.2) is 0 Å². The van der Waals surface area contributed by atoms with Crippen LogP contribution in [0.2, 0.25) is 0 Å². The summed E-state index contributed by atoms with van der Waals surface area (Å²) in [4.78, 5) is 12.1. The van der Waals surface area contributed by atoms with Crippen molar-refractivity contribution in [2.24, 2.45) is 0 Å². The van der Waals surface area contributed by atoms with Crippen molar-refractivity contribution in [3.63, 3.8) is 0 Å². The predicted octanol–water partition coefficient (Wildman–Crippen LogP) is 3.05. The van der Waals surface area contributed by atoms with Gasteiger partial charge in [0, 0.05) is 23.6 Å². The first-order valence-corrected chi connectivity index (χ1v) is 9.98. The smallest absolute Gasteiger partial charge is 0.407 e. The number of alkyl carbamates (subject to hydrolysis) is 1. The lowest BCUT2D eigenvalue weighted by Crippen LogP contribution is -2.41. The van der Waals surface area contributed by atoms with Crippen molar-refractivity contribution in [2.75, 3.05) is 13.1 Å². The molecule has 134 valence electrons. The molecule has 1 aromatic rings. The molecule has 1 atom stereocenters. The van der Waals surface area contributed by atoms with Gasteiger partial charge in [-0.15, -0.1) is 0 Å². The molecule has 0 aromatic heterocycles. The molecule has 8 heteroatoms. The van der Waals surface area contributed by atoms with Crippen LogP contribution in [0.4, 0.5) is 4.79 Å². The van der Waals surface area contributed by atoms with Gasteiger partial charge in [-0.25, -0.2) is 13.2 Å². The van der Waals surface area contributed by atoms with Crippen molar-refractivity contribution in [3.05, 3.63) is 28.2 Å². The van der Waals surface area contributed by atoms with E-state index < -0.39 is 21.7 Å². The average Bonchev–Trinajstić information content (AvgIpc) is 2.84. The van der Waals surface area contributed by atoms with E-state index in [0.717, 1.165) is 4.47 Å². The summed E-state index contributed by atoms with van der Waals surface area (Å²) in [6, 6.07) is 4.85. The minimum atomic E-state index is -3.57. The second-order valence-electron chi connectivity index (χ2n) is 6.90. The number of halogens is 1. The number of hydrogen-bond acceptors (Lipinski definition) is 4. The Bertz CT molecular complexity index is 728. The highest BCUT2D eigenvalue weighted by molar-refractivity contribution is 9.10. The van der Waals surface area contributed by atoms with E-state index >= 15 is 0 Å². The highest BCUT2D eigenvalue weighted by Gasteiger charge is 2.34. The first-order valence-electron chi connectivity index (χ1n) is 7.75. The number of aryl methyl sites for hydroxylation is 1. The van der Waals surface area contributed by atoms with E-state index in [9.17, 15) is 13.2 Å². The molecule has 6 nitrogen and oxygen atoms in total. The molecule has 24 heavy (non-hydrogen) atoms. The lowest BCUT2D eigenvalue weighted by atomic mass is 10.2. The van der Waals surface area contributed by atoms with E-state index in [1.54, 1.807) is 45.9 Å². The number of carbonyl (C=O) groups is 1. The Kier molecular flexibility index (Phi) is 5.61. The monoisotopic (exact) mass is 418 g/mol. The maximum atomic E-state index is 12.8. The van der Waals surface area contributed by atoms with Gasteiger partial charge in [-0.05, 0) is 57.9 Å². The van der Waals surface area contributed by atoms with Gasteiger partial charge in [-0.3, -0.25) is 0 Å². The summed E-state index contributed by atoms with van der Waals surface area (Å²) in [5.41, 5.74) is 0.108. The third-order valence-corrected chi connectivity index (χ3v) is 6.15. The fourth-order valence-electron chi connectivity index (χ4n) is 2.58. The first kappa shape index (κ1) is 19.2. The van der Waals surface area contributed by atoms with Gasteiger partial charge in [-0.2, -0.15) is 4.31 Å². The van der Waals surface area contributed by atoms with Gasteiger partial charge < -0.3 is 10.1 Å². The summed E-state index contributed by atoms with van der Waals surface area (Å²) in [6.07, 6.45) is 0.0418. The Labute approximate surface area is 151 Å². The topological polar surface area (TPSA) is 75.7 Å². The van der Waals surface area contributed by atoms with Gasteiger partial charge in [0.25, 0.3) is 0 Å². The van der Waals surface area contributed by atoms with Crippen LogP contribution in [0.25, 0.3) is 0 Å². The van der Waals surface area contributed by atoms with Gasteiger partial charge >= 0.3 is 6.09 Å². The maximum absolute atomic E-state index is 12.8. The summed E-state index contributed by atoms with van der Waals surface area (Å²) < 4.78 is 33.0. The summed E-state index contributed by atoms with van der Waals surface area (Å²) in [5.74, 6) is 0. The number of ether oxygens (including phenoxy) is 1. The lowest BCUT2D eigenvalue weighted by molar-refractivity contribution is 0.0507. The highest BCUT2D eigenvalue weighted by atomic mass is 79.9. The van der Waals surface area contributed by atoms with Crippen molar-refractivity contribution in [1.82, 2.24) is 9.62 Å². The van der Waals surface area contributed by atoms with Crippen molar-refractivity contribution in [2.45, 2.75) is 50.7 Å². The zero-order valence-corrected chi connectivity index (χ0v) is 16.7. The summed E-state index contributed by atoms with van der Waals surface area (Å²) >= 11 is 3.34. The molecule has 1 N–H and O–H groups in total. The lowest BCUT2D eigenvalue weighted by Gasteiger charge is -2.22. The van der Waals surface area contributed by atoms with E-state index in [4.69, 9.17) is 4.74 Å². The zero-order chi connectivity index (χ0) is 18.1. The number of nitrogens with zero attached hydrogens (tertiary/aromatic N) is 1. The SMILES string of the molecule is Cc1cc(Br)ccc1S(=O)(=O)N1CC[C@@H](NC(=O)OC(C)(C)C)C1. The van der Waals surface area contributed by atoms with Crippen molar-refractivity contribution < 1.29 is 17.9 Å². The molecule has 0 spiro atoms. The third kappa shape index (κ3) is 4.70. The minimum absolute atomic E-state index is 0.245. The molecule has 0 unspecified atom stereocenters. The van der Waals surface area contributed by atoms with Crippen molar-refractivity contribution >= 4 is 32.0 Å². The Hall–Kier alpha value is -1.12. The Morgan fingerprint density at radius 3 is 2.62 bits per heavy atom. The van der Waals surface area contributed by atoms with Crippen LogP contribution in [0.1, 0.15) is 32.8 Å². The van der Waals surface area contributed by atoms with E-state index in [0.29, 0.717) is 23.4 Å². The molecule has 1 aromatic carbocycles. The number of hydrogen-bond donors (Lipinski definition) is 1. The van der Waals surface area contributed by atoms with Gasteiger partial charge in [0.2, 0.25) is 10.0 Å². The second-order valence-corrected chi connectivity index (χ2v) is 9.73. The number of nitrogens with one attached hydrogen (secondary N) is 1. The zero-order valence-electron chi connectivity index (χ0n) is 14.3. The van der Waals surface area contributed by atoms with Crippen LogP contribution in [0, 0.1) is 6.92 Å². The molecule has 1 amide bonds. The Morgan fingerprint density at radius 2 is 2.04 bits per heavy atom. The van der Waals surface area contributed by atoms with E-state index in [1.807, 2.05) is 0 Å². The number of benzene rings is 1. The van der Waals surface area contributed by atoms with Crippen LogP contribution in [0.5, 0.6) is 0 Å². The first-order chi connectivity index (χ1) is 11.0. The molecule has 1 aliphatic rings. The summed E-state index contributed by atoms with van der Waals surface area (Å²) in [5, 5.41) is 2.74. The number of sulfonamides is 1. The average molecular weight is 419 g/mol. The van der Waals surface area contributed by atoms with Crippen LogP contribution in [0.15, 0.2) is 27.6 Å². The predicted molar refractivity (Wildman–Crippen MR) is 95.4 cm³/mol. The number of amides is 1. The molecule has 0 bridgehead atoms. The molecular formula is C16H23BrN2O4S.